The number of hydrogen-bond acceptors (Lipinski definition) is 5. The summed E-state index contributed by atoms with van der Waals surface area (Å²) in [5, 5.41) is 4.15. The van der Waals surface area contributed by atoms with Crippen LogP contribution in [0, 0.1) is 0 Å². The van der Waals surface area contributed by atoms with Gasteiger partial charge in [-0.25, -0.2) is 9.78 Å². The van der Waals surface area contributed by atoms with Gasteiger partial charge in [-0.15, -0.1) is 0 Å². The molecule has 0 bridgehead atoms. The zero-order valence-corrected chi connectivity index (χ0v) is 14.7. The van der Waals surface area contributed by atoms with Crippen LogP contribution >= 0.6 is 11.6 Å². The van der Waals surface area contributed by atoms with E-state index in [9.17, 15) is 14.4 Å². The van der Waals surface area contributed by atoms with Gasteiger partial charge in [-0.05, 0) is 51.4 Å². The fourth-order valence-electron chi connectivity index (χ4n) is 1.60. The molecule has 0 aromatic carbocycles. The Morgan fingerprint density at radius 1 is 1.29 bits per heavy atom. The Morgan fingerprint density at radius 2 is 1.96 bits per heavy atom. The van der Waals surface area contributed by atoms with Gasteiger partial charge in [-0.2, -0.15) is 0 Å². The molecule has 0 aliphatic carbocycles. The standard InChI is InChI=1S/C16H20ClN3O4/c1-5-11(13(17)21)20-14(22)12-8-6-7-10(19-12)9-18-15(23)24-16(2,3)4/h5-8H,9H2,1-4H3,(H,18,23)(H,20,22)/b11-5-. The average Bonchev–Trinajstić information content (AvgIpc) is 2.48. The summed E-state index contributed by atoms with van der Waals surface area (Å²) in [5.41, 5.74) is -0.0693. The number of hydrogen-bond donors (Lipinski definition) is 2. The van der Waals surface area contributed by atoms with E-state index in [1.807, 2.05) is 0 Å². The maximum absolute atomic E-state index is 12.1. The second-order valence-electron chi connectivity index (χ2n) is 5.80. The van der Waals surface area contributed by atoms with Crippen LogP contribution in [0.25, 0.3) is 0 Å². The predicted molar refractivity (Wildman–Crippen MR) is 89.4 cm³/mol. The fourth-order valence-corrected chi connectivity index (χ4v) is 1.76. The molecule has 7 nitrogen and oxygen atoms in total. The highest BCUT2D eigenvalue weighted by Gasteiger charge is 2.16. The molecular weight excluding hydrogens is 334 g/mol. The number of alkyl carbamates (subject to hydrolysis) is 1. The Labute approximate surface area is 145 Å². The molecule has 1 aromatic heterocycles. The molecule has 0 spiro atoms. The maximum Gasteiger partial charge on any atom is 0.407 e. The van der Waals surface area contributed by atoms with E-state index < -0.39 is 22.8 Å². The van der Waals surface area contributed by atoms with Gasteiger partial charge in [0.05, 0.1) is 17.9 Å². The lowest BCUT2D eigenvalue weighted by Gasteiger charge is -2.19. The molecule has 2 N–H and O–H groups in total. The van der Waals surface area contributed by atoms with E-state index in [-0.39, 0.29) is 17.9 Å². The minimum absolute atomic E-state index is 0.0271. The van der Waals surface area contributed by atoms with Crippen molar-refractivity contribution < 1.29 is 19.1 Å². The lowest BCUT2D eigenvalue weighted by atomic mass is 10.2. The van der Waals surface area contributed by atoms with Crippen LogP contribution in [0.15, 0.2) is 30.0 Å². The van der Waals surface area contributed by atoms with Gasteiger partial charge in [-0.1, -0.05) is 12.1 Å². The van der Waals surface area contributed by atoms with Crippen molar-refractivity contribution in [1.29, 1.82) is 0 Å². The van der Waals surface area contributed by atoms with Gasteiger partial charge in [0.25, 0.3) is 11.1 Å². The first kappa shape index (κ1) is 19.6. The van der Waals surface area contributed by atoms with Crippen LogP contribution in [0.2, 0.25) is 0 Å². The van der Waals surface area contributed by atoms with E-state index in [0.29, 0.717) is 5.69 Å². The molecule has 0 unspecified atom stereocenters. The number of carbonyl (C=O) groups excluding carboxylic acids is 3. The Hall–Kier alpha value is -2.41. The molecule has 0 aliphatic rings. The molecule has 0 aliphatic heterocycles. The molecule has 1 rings (SSSR count). The average molecular weight is 354 g/mol. The van der Waals surface area contributed by atoms with Crippen molar-refractivity contribution in [3.05, 3.63) is 41.4 Å². The number of rotatable bonds is 5. The maximum atomic E-state index is 12.1. The molecule has 24 heavy (non-hydrogen) atoms. The minimum Gasteiger partial charge on any atom is -0.444 e. The summed E-state index contributed by atoms with van der Waals surface area (Å²) in [6.45, 7) is 6.94. The van der Waals surface area contributed by atoms with E-state index in [2.05, 4.69) is 15.6 Å². The Morgan fingerprint density at radius 3 is 2.50 bits per heavy atom. The minimum atomic E-state index is -0.770. The van der Waals surface area contributed by atoms with Crippen LogP contribution in [-0.2, 0) is 16.1 Å². The Kier molecular flexibility index (Phi) is 6.91. The third kappa shape index (κ3) is 6.78. The van der Waals surface area contributed by atoms with Crippen molar-refractivity contribution in [2.45, 2.75) is 39.8 Å². The number of aromatic nitrogens is 1. The molecule has 1 aromatic rings. The van der Waals surface area contributed by atoms with Crippen LogP contribution in [0.4, 0.5) is 4.79 Å². The Balaban J connectivity index is 2.71. The number of nitrogens with zero attached hydrogens (tertiary/aromatic N) is 1. The van der Waals surface area contributed by atoms with Gasteiger partial charge in [0.15, 0.2) is 0 Å². The number of pyridine rings is 1. The number of halogens is 1. The van der Waals surface area contributed by atoms with Crippen molar-refractivity contribution in [3.63, 3.8) is 0 Å². The van der Waals surface area contributed by atoms with Crippen molar-refractivity contribution >= 4 is 28.8 Å². The second kappa shape index (κ2) is 8.44. The van der Waals surface area contributed by atoms with Gasteiger partial charge in [-0.3, -0.25) is 9.59 Å². The number of allylic oxidation sites excluding steroid dienone is 2. The first-order valence-corrected chi connectivity index (χ1v) is 7.60. The monoisotopic (exact) mass is 353 g/mol. The van der Waals surface area contributed by atoms with Gasteiger partial charge in [0, 0.05) is 0 Å². The summed E-state index contributed by atoms with van der Waals surface area (Å²) in [5.74, 6) is -0.573. The third-order valence-corrected chi connectivity index (χ3v) is 2.80. The first-order chi connectivity index (χ1) is 11.1. The third-order valence-electron chi connectivity index (χ3n) is 2.60. The molecule has 2 amide bonds. The summed E-state index contributed by atoms with van der Waals surface area (Å²) >= 11 is 5.34. The zero-order chi connectivity index (χ0) is 18.3. The smallest absolute Gasteiger partial charge is 0.407 e. The molecule has 0 saturated carbocycles. The SMILES string of the molecule is C/C=C(\NC(=O)c1cccc(CNC(=O)OC(C)(C)C)n1)C(=O)Cl. The second-order valence-corrected chi connectivity index (χ2v) is 6.14. The largest absolute Gasteiger partial charge is 0.444 e. The van der Waals surface area contributed by atoms with E-state index in [4.69, 9.17) is 16.3 Å². The normalized spacial score (nSPS) is 11.6. The number of carbonyl (C=O) groups is 3. The zero-order valence-electron chi connectivity index (χ0n) is 14.0. The molecule has 130 valence electrons. The van der Waals surface area contributed by atoms with Crippen molar-refractivity contribution in [3.8, 4) is 0 Å². The van der Waals surface area contributed by atoms with Crippen molar-refractivity contribution in [2.75, 3.05) is 0 Å². The highest BCUT2D eigenvalue weighted by atomic mass is 35.5. The molecule has 1 heterocycles. The summed E-state index contributed by atoms with van der Waals surface area (Å²) in [6.07, 6.45) is 0.810. The summed E-state index contributed by atoms with van der Waals surface area (Å²) in [4.78, 5) is 38.9. The predicted octanol–water partition coefficient (Wildman–Crippen LogP) is 2.51. The van der Waals surface area contributed by atoms with Crippen LogP contribution in [-0.4, -0.2) is 27.8 Å². The van der Waals surface area contributed by atoms with Gasteiger partial charge in [0.1, 0.15) is 11.3 Å². The molecule has 0 atom stereocenters. The van der Waals surface area contributed by atoms with Crippen LogP contribution in [0.1, 0.15) is 43.9 Å². The van der Waals surface area contributed by atoms with Gasteiger partial charge >= 0.3 is 6.09 Å². The molecule has 0 fully saturated rings. The highest BCUT2D eigenvalue weighted by Crippen LogP contribution is 2.07. The van der Waals surface area contributed by atoms with Crippen LogP contribution in [0.3, 0.4) is 0 Å². The van der Waals surface area contributed by atoms with Gasteiger partial charge in [0.2, 0.25) is 0 Å². The number of amides is 2. The molecule has 0 saturated heterocycles. The first-order valence-electron chi connectivity index (χ1n) is 7.22. The molecular formula is C16H20ClN3O4. The van der Waals surface area contributed by atoms with E-state index in [1.54, 1.807) is 39.8 Å². The summed E-state index contributed by atoms with van der Waals surface area (Å²) in [6, 6.07) is 4.75. The van der Waals surface area contributed by atoms with E-state index in [0.717, 1.165) is 0 Å². The van der Waals surface area contributed by atoms with Crippen molar-refractivity contribution in [1.82, 2.24) is 15.6 Å². The van der Waals surface area contributed by atoms with Gasteiger partial charge < -0.3 is 15.4 Å². The van der Waals surface area contributed by atoms with E-state index >= 15 is 0 Å². The Bertz CT molecular complexity index is 666. The molecule has 8 heteroatoms. The topological polar surface area (TPSA) is 97.4 Å². The van der Waals surface area contributed by atoms with Crippen LogP contribution < -0.4 is 10.6 Å². The lowest BCUT2D eigenvalue weighted by molar-refractivity contribution is -0.108. The highest BCUT2D eigenvalue weighted by molar-refractivity contribution is 6.67. The quantitative estimate of drug-likeness (QED) is 0.626. The number of ether oxygens (including phenoxy) is 1. The lowest BCUT2D eigenvalue weighted by Crippen LogP contribution is -2.32. The van der Waals surface area contributed by atoms with Crippen LogP contribution in [0.5, 0.6) is 0 Å². The van der Waals surface area contributed by atoms with Crippen molar-refractivity contribution in [2.24, 2.45) is 0 Å². The molecule has 0 radical (unpaired) electrons. The summed E-state index contributed by atoms with van der Waals surface area (Å²) in [7, 11) is 0. The number of nitrogens with one attached hydrogen (secondary N) is 2. The van der Waals surface area contributed by atoms with E-state index in [1.165, 1.54) is 12.1 Å². The summed E-state index contributed by atoms with van der Waals surface area (Å²) < 4.78 is 5.11. The fraction of sp³-hybridized carbons (Fsp3) is 0.375.